The van der Waals surface area contributed by atoms with Crippen LogP contribution in [0.25, 0.3) is 0 Å². The lowest BCUT2D eigenvalue weighted by molar-refractivity contribution is 0.338. The number of nitrogens with one attached hydrogen (secondary N) is 2. The van der Waals surface area contributed by atoms with Crippen molar-refractivity contribution in [1.82, 2.24) is 15.6 Å². The number of aryl methyl sites for hydroxylation is 2. The Labute approximate surface area is 174 Å². The van der Waals surface area contributed by atoms with Crippen molar-refractivity contribution in [3.8, 4) is 5.75 Å². The Balaban J connectivity index is 1.47. The van der Waals surface area contributed by atoms with E-state index in [2.05, 4.69) is 63.6 Å². The Kier molecular flexibility index (Phi) is 7.33. The summed E-state index contributed by atoms with van der Waals surface area (Å²) < 4.78 is 5.62. The van der Waals surface area contributed by atoms with Crippen molar-refractivity contribution in [2.75, 3.05) is 31.6 Å². The lowest BCUT2D eigenvalue weighted by atomic mass is 10.1. The maximum atomic E-state index is 5.62. The molecule has 6 heteroatoms. The molecule has 0 amide bonds. The van der Waals surface area contributed by atoms with Crippen LogP contribution in [0.4, 0.5) is 5.82 Å². The van der Waals surface area contributed by atoms with Crippen LogP contribution in [0.15, 0.2) is 41.5 Å². The van der Waals surface area contributed by atoms with Crippen LogP contribution in [-0.2, 0) is 6.54 Å². The maximum absolute atomic E-state index is 5.62. The number of anilines is 1. The number of guanidine groups is 1. The third-order valence-electron chi connectivity index (χ3n) is 5.28. The number of nitrogens with zero attached hydrogens (tertiary/aromatic N) is 3. The number of aromatic nitrogens is 1. The fourth-order valence-corrected chi connectivity index (χ4v) is 3.61. The van der Waals surface area contributed by atoms with Crippen molar-refractivity contribution >= 4 is 11.8 Å². The maximum Gasteiger partial charge on any atom is 0.191 e. The molecule has 1 aromatic heterocycles. The molecule has 0 saturated carbocycles. The van der Waals surface area contributed by atoms with Gasteiger partial charge >= 0.3 is 0 Å². The zero-order valence-corrected chi connectivity index (χ0v) is 18.0. The van der Waals surface area contributed by atoms with Gasteiger partial charge in [0.1, 0.15) is 11.6 Å². The molecule has 0 spiro atoms. The smallest absolute Gasteiger partial charge is 0.191 e. The second-order valence-corrected chi connectivity index (χ2v) is 7.56. The van der Waals surface area contributed by atoms with Gasteiger partial charge in [-0.25, -0.2) is 4.98 Å². The standard InChI is InChI=1S/C23H33N5O/c1-5-29-21-8-7-19(14-18(21)3)16-26-23(24-4)27-20-10-12-28(13-11-20)22-9-6-17(2)15-25-22/h6-9,14-15,20H,5,10-13,16H2,1-4H3,(H2,24,26,27). The Bertz CT molecular complexity index is 811. The summed E-state index contributed by atoms with van der Waals surface area (Å²) in [4.78, 5) is 11.3. The molecule has 1 aliphatic heterocycles. The highest BCUT2D eigenvalue weighted by Gasteiger charge is 2.20. The van der Waals surface area contributed by atoms with Crippen LogP contribution in [0.3, 0.4) is 0 Å². The summed E-state index contributed by atoms with van der Waals surface area (Å²) in [7, 11) is 1.82. The summed E-state index contributed by atoms with van der Waals surface area (Å²) in [6.45, 7) is 9.59. The van der Waals surface area contributed by atoms with E-state index in [-0.39, 0.29) is 0 Å². The van der Waals surface area contributed by atoms with Gasteiger partial charge < -0.3 is 20.3 Å². The van der Waals surface area contributed by atoms with E-state index < -0.39 is 0 Å². The van der Waals surface area contributed by atoms with Crippen molar-refractivity contribution in [2.45, 2.75) is 46.2 Å². The van der Waals surface area contributed by atoms with Gasteiger partial charge in [0.2, 0.25) is 0 Å². The van der Waals surface area contributed by atoms with Gasteiger partial charge in [-0.2, -0.15) is 0 Å². The van der Waals surface area contributed by atoms with Crippen molar-refractivity contribution in [1.29, 1.82) is 0 Å². The van der Waals surface area contributed by atoms with Crippen LogP contribution in [0.5, 0.6) is 5.75 Å². The molecule has 1 fully saturated rings. The molecule has 1 aliphatic rings. The first kappa shape index (κ1) is 21.0. The summed E-state index contributed by atoms with van der Waals surface area (Å²) in [5, 5.41) is 7.00. The number of benzene rings is 1. The van der Waals surface area contributed by atoms with Gasteiger partial charge in [-0.1, -0.05) is 18.2 Å². The summed E-state index contributed by atoms with van der Waals surface area (Å²) in [5.41, 5.74) is 3.57. The lowest BCUT2D eigenvalue weighted by Crippen LogP contribution is -2.48. The van der Waals surface area contributed by atoms with Crippen molar-refractivity contribution in [3.63, 3.8) is 0 Å². The van der Waals surface area contributed by atoms with Crippen LogP contribution in [0.1, 0.15) is 36.5 Å². The first-order chi connectivity index (χ1) is 14.1. The fourth-order valence-electron chi connectivity index (χ4n) is 3.61. The fraction of sp³-hybridized carbons (Fsp3) is 0.478. The highest BCUT2D eigenvalue weighted by Crippen LogP contribution is 2.20. The Morgan fingerprint density at radius 1 is 1.21 bits per heavy atom. The van der Waals surface area contributed by atoms with Gasteiger partial charge in [0.25, 0.3) is 0 Å². The first-order valence-corrected chi connectivity index (χ1v) is 10.5. The molecule has 0 aliphatic carbocycles. The molecular weight excluding hydrogens is 362 g/mol. The number of pyridine rings is 1. The van der Waals surface area contributed by atoms with Crippen molar-refractivity contribution < 1.29 is 4.74 Å². The molecule has 3 rings (SSSR count). The molecule has 0 bridgehead atoms. The number of aliphatic imine (C=N–C) groups is 1. The van der Waals surface area contributed by atoms with E-state index in [1.807, 2.05) is 26.2 Å². The predicted molar refractivity (Wildman–Crippen MR) is 120 cm³/mol. The third-order valence-corrected chi connectivity index (χ3v) is 5.28. The van der Waals surface area contributed by atoms with Gasteiger partial charge in [0.05, 0.1) is 6.61 Å². The molecule has 2 heterocycles. The van der Waals surface area contributed by atoms with E-state index >= 15 is 0 Å². The van der Waals surface area contributed by atoms with Gasteiger partial charge in [0, 0.05) is 38.9 Å². The van der Waals surface area contributed by atoms with Crippen LogP contribution in [0.2, 0.25) is 0 Å². The van der Waals surface area contributed by atoms with E-state index in [0.29, 0.717) is 12.6 Å². The minimum absolute atomic E-state index is 0.421. The Morgan fingerprint density at radius 2 is 2.00 bits per heavy atom. The lowest BCUT2D eigenvalue weighted by Gasteiger charge is -2.33. The average molecular weight is 396 g/mol. The molecule has 0 radical (unpaired) electrons. The normalized spacial score (nSPS) is 15.3. The van der Waals surface area contributed by atoms with E-state index in [0.717, 1.165) is 55.6 Å². The highest BCUT2D eigenvalue weighted by atomic mass is 16.5. The van der Waals surface area contributed by atoms with Crippen LogP contribution in [-0.4, -0.2) is 43.7 Å². The SMILES string of the molecule is CCOc1ccc(CNC(=NC)NC2CCN(c3ccc(C)cn3)CC2)cc1C. The van der Waals surface area contributed by atoms with E-state index in [1.54, 1.807) is 0 Å². The molecule has 156 valence electrons. The molecular formula is C23H33N5O. The zero-order chi connectivity index (χ0) is 20.6. The topological polar surface area (TPSA) is 61.8 Å². The molecule has 2 aromatic rings. The summed E-state index contributed by atoms with van der Waals surface area (Å²) in [6.07, 6.45) is 4.07. The van der Waals surface area contributed by atoms with Crippen molar-refractivity contribution in [2.24, 2.45) is 4.99 Å². The first-order valence-electron chi connectivity index (χ1n) is 10.5. The highest BCUT2D eigenvalue weighted by molar-refractivity contribution is 5.80. The molecule has 1 saturated heterocycles. The quantitative estimate of drug-likeness (QED) is 0.580. The molecule has 6 nitrogen and oxygen atoms in total. The molecule has 2 N–H and O–H groups in total. The molecule has 29 heavy (non-hydrogen) atoms. The number of ether oxygens (including phenoxy) is 1. The van der Waals surface area contributed by atoms with Gasteiger partial charge in [-0.3, -0.25) is 4.99 Å². The summed E-state index contributed by atoms with van der Waals surface area (Å²) >= 11 is 0. The van der Waals surface area contributed by atoms with Crippen LogP contribution in [0, 0.1) is 13.8 Å². The summed E-state index contributed by atoms with van der Waals surface area (Å²) in [5.74, 6) is 2.87. The number of rotatable bonds is 6. The number of hydrogen-bond acceptors (Lipinski definition) is 4. The minimum atomic E-state index is 0.421. The minimum Gasteiger partial charge on any atom is -0.494 e. The van der Waals surface area contributed by atoms with Gasteiger partial charge in [-0.15, -0.1) is 0 Å². The third kappa shape index (κ3) is 5.86. The molecule has 0 atom stereocenters. The van der Waals surface area contributed by atoms with E-state index in [1.165, 1.54) is 11.1 Å². The Morgan fingerprint density at radius 3 is 2.62 bits per heavy atom. The number of piperidine rings is 1. The van der Waals surface area contributed by atoms with E-state index in [9.17, 15) is 0 Å². The van der Waals surface area contributed by atoms with Crippen molar-refractivity contribution in [3.05, 3.63) is 53.2 Å². The largest absolute Gasteiger partial charge is 0.494 e. The van der Waals surface area contributed by atoms with E-state index in [4.69, 9.17) is 4.74 Å². The zero-order valence-electron chi connectivity index (χ0n) is 18.0. The molecule has 1 aromatic carbocycles. The van der Waals surface area contributed by atoms with Gasteiger partial charge in [0.15, 0.2) is 5.96 Å². The van der Waals surface area contributed by atoms with Crippen LogP contribution >= 0.6 is 0 Å². The summed E-state index contributed by atoms with van der Waals surface area (Å²) in [6, 6.07) is 11.0. The molecule has 0 unspecified atom stereocenters. The second-order valence-electron chi connectivity index (χ2n) is 7.56. The second kappa shape index (κ2) is 10.1. The monoisotopic (exact) mass is 395 g/mol. The van der Waals surface area contributed by atoms with Gasteiger partial charge in [-0.05, 0) is 62.4 Å². The van der Waals surface area contributed by atoms with Crippen LogP contribution < -0.4 is 20.3 Å². The Hall–Kier alpha value is -2.76. The predicted octanol–water partition coefficient (Wildman–Crippen LogP) is 3.43. The average Bonchev–Trinajstić information content (AvgIpc) is 2.74. The number of hydrogen-bond donors (Lipinski definition) is 2.